The second kappa shape index (κ2) is 11.6. The summed E-state index contributed by atoms with van der Waals surface area (Å²) in [5.41, 5.74) is 12.6. The molecule has 10 aromatic rings. The third-order valence-corrected chi connectivity index (χ3v) is 14.0. The normalized spacial score (nSPS) is 13.1. The van der Waals surface area contributed by atoms with Gasteiger partial charge >= 0.3 is 0 Å². The summed E-state index contributed by atoms with van der Waals surface area (Å²) in [4.78, 5) is 0. The quantitative estimate of drug-likeness (QED) is 0.178. The van der Waals surface area contributed by atoms with E-state index in [4.69, 9.17) is 0 Å². The fourth-order valence-corrected chi connectivity index (χ4v) is 11.0. The third kappa shape index (κ3) is 5.06. The Balaban J connectivity index is 1.21. The smallest absolute Gasteiger partial charge is 0.211 e. The second-order valence-electron chi connectivity index (χ2n) is 17.3. The summed E-state index contributed by atoms with van der Waals surface area (Å²) in [5.74, 6) is 0. The van der Waals surface area contributed by atoms with E-state index in [0.717, 1.165) is 11.4 Å². The molecule has 1 N–H and O–H groups in total. The monoisotopic (exact) mass is 743 g/mol. The average molecular weight is 744 g/mol. The van der Waals surface area contributed by atoms with Crippen LogP contribution in [0.15, 0.2) is 127 Å². The van der Waals surface area contributed by atoms with Crippen molar-refractivity contribution in [3.8, 4) is 16.8 Å². The molecule has 1 aliphatic rings. The van der Waals surface area contributed by atoms with E-state index in [9.17, 15) is 0 Å². The van der Waals surface area contributed by atoms with Crippen LogP contribution in [0.25, 0.3) is 79.7 Å². The first-order chi connectivity index (χ1) is 26.5. The SMILES string of the molecule is CC(C)(C)c1ccc(Nc2cc3ccccc3cc2-c2ccc3c4cc5sc6ccccc6c5cc4n4c3c2[B]c2sc3ccc(C(C)(C)C)cc3c2-4)cc1. The molecule has 5 heteroatoms. The zero-order chi connectivity index (χ0) is 37.4. The summed E-state index contributed by atoms with van der Waals surface area (Å²) in [6.07, 6.45) is 0. The van der Waals surface area contributed by atoms with Gasteiger partial charge in [-0.2, -0.15) is 0 Å². The standard InChI is InChI=1S/C50H40BN2S2/c1-49(2,3)30-15-18-32(19-16-30)52-40-24-29-12-8-7-11-28(29)23-36(40)34-20-21-35-37-27-44-38(33-13-9-10-14-42(33)54-44)26-41(37)53-46(35)45(34)51-48-47(53)39-25-31(50(4,5)6)17-22-43(39)55-48/h7-27,52H,1-6H3. The van der Waals surface area contributed by atoms with Crippen LogP contribution >= 0.6 is 22.7 Å². The Bertz CT molecular complexity index is 3220. The molecule has 1 radical (unpaired) electrons. The molecule has 1 aliphatic heterocycles. The van der Waals surface area contributed by atoms with Crippen LogP contribution in [0.3, 0.4) is 0 Å². The molecule has 7 aromatic carbocycles. The molecule has 11 rings (SSSR count). The van der Waals surface area contributed by atoms with Gasteiger partial charge in [-0.15, -0.1) is 22.7 Å². The van der Waals surface area contributed by atoms with Crippen LogP contribution in [-0.4, -0.2) is 11.8 Å². The maximum absolute atomic E-state index is 3.88. The van der Waals surface area contributed by atoms with E-state index in [-0.39, 0.29) is 10.8 Å². The van der Waals surface area contributed by atoms with Crippen molar-refractivity contribution >= 4 is 114 Å². The summed E-state index contributed by atoms with van der Waals surface area (Å²) in [6.45, 7) is 13.8. The minimum Gasteiger partial charge on any atom is -0.355 e. The number of thiophene rings is 2. The highest BCUT2D eigenvalue weighted by atomic mass is 32.1. The van der Waals surface area contributed by atoms with Crippen molar-refractivity contribution in [2.75, 3.05) is 5.32 Å². The van der Waals surface area contributed by atoms with Crippen LogP contribution in [0, 0.1) is 0 Å². The maximum Gasteiger partial charge on any atom is 0.211 e. The number of anilines is 2. The van der Waals surface area contributed by atoms with E-state index < -0.39 is 0 Å². The van der Waals surface area contributed by atoms with Crippen LogP contribution in [-0.2, 0) is 10.8 Å². The minimum absolute atomic E-state index is 0.0504. The second-order valence-corrected chi connectivity index (χ2v) is 19.5. The third-order valence-electron chi connectivity index (χ3n) is 11.7. The van der Waals surface area contributed by atoms with Crippen molar-refractivity contribution in [2.24, 2.45) is 0 Å². The number of rotatable bonds is 3. The predicted octanol–water partition coefficient (Wildman–Crippen LogP) is 13.5. The van der Waals surface area contributed by atoms with Gasteiger partial charge in [0.2, 0.25) is 7.28 Å². The first kappa shape index (κ1) is 33.0. The Labute approximate surface area is 330 Å². The molecule has 0 saturated heterocycles. The highest BCUT2D eigenvalue weighted by Crippen LogP contribution is 2.45. The molecule has 3 aromatic heterocycles. The number of aromatic nitrogens is 1. The van der Waals surface area contributed by atoms with Gasteiger partial charge in [-0.3, -0.25) is 0 Å². The average Bonchev–Trinajstić information content (AvgIpc) is 3.82. The van der Waals surface area contributed by atoms with Crippen molar-refractivity contribution in [1.82, 2.24) is 4.57 Å². The molecule has 0 fully saturated rings. The van der Waals surface area contributed by atoms with Crippen LogP contribution in [0.4, 0.5) is 11.4 Å². The van der Waals surface area contributed by atoms with Crippen molar-refractivity contribution in [3.63, 3.8) is 0 Å². The van der Waals surface area contributed by atoms with E-state index in [1.807, 2.05) is 22.7 Å². The Hall–Kier alpha value is -5.36. The van der Waals surface area contributed by atoms with E-state index in [2.05, 4.69) is 186 Å². The topological polar surface area (TPSA) is 17.0 Å². The summed E-state index contributed by atoms with van der Waals surface area (Å²) < 4.78 is 7.93. The van der Waals surface area contributed by atoms with Gasteiger partial charge in [0.1, 0.15) is 0 Å². The molecule has 55 heavy (non-hydrogen) atoms. The molecule has 4 heterocycles. The molecule has 0 bridgehead atoms. The first-order valence-electron chi connectivity index (χ1n) is 19.2. The van der Waals surface area contributed by atoms with Gasteiger partial charge in [-0.05, 0) is 103 Å². The molecular formula is C50H40BN2S2. The number of hydrogen-bond acceptors (Lipinski definition) is 3. The molecule has 0 aliphatic carbocycles. The van der Waals surface area contributed by atoms with Gasteiger partial charge in [-0.1, -0.05) is 114 Å². The highest BCUT2D eigenvalue weighted by molar-refractivity contribution is 7.29. The lowest BCUT2D eigenvalue weighted by Gasteiger charge is -2.23. The Morgan fingerprint density at radius 1 is 0.527 bits per heavy atom. The lowest BCUT2D eigenvalue weighted by atomic mass is 9.63. The number of nitrogens with one attached hydrogen (secondary N) is 1. The van der Waals surface area contributed by atoms with Crippen molar-refractivity contribution in [1.29, 1.82) is 0 Å². The maximum atomic E-state index is 3.88. The zero-order valence-corrected chi connectivity index (χ0v) is 33.6. The zero-order valence-electron chi connectivity index (χ0n) is 32.0. The number of hydrogen-bond donors (Lipinski definition) is 1. The Morgan fingerprint density at radius 2 is 1.24 bits per heavy atom. The van der Waals surface area contributed by atoms with Crippen LogP contribution in [0.5, 0.6) is 0 Å². The first-order valence-corrected chi connectivity index (χ1v) is 20.9. The number of nitrogens with zero attached hydrogens (tertiary/aromatic N) is 1. The summed E-state index contributed by atoms with van der Waals surface area (Å²) >= 11 is 3.81. The van der Waals surface area contributed by atoms with Crippen molar-refractivity contribution in [2.45, 2.75) is 52.4 Å². The number of fused-ring (bicyclic) bond motifs is 11. The van der Waals surface area contributed by atoms with Gasteiger partial charge < -0.3 is 9.88 Å². The molecular weight excluding hydrogens is 704 g/mol. The molecule has 265 valence electrons. The fraction of sp³-hybridized carbons (Fsp3) is 0.160. The van der Waals surface area contributed by atoms with Gasteiger partial charge in [0, 0.05) is 63.5 Å². The van der Waals surface area contributed by atoms with Gasteiger partial charge in [0.05, 0.1) is 11.2 Å². The Kier molecular flexibility index (Phi) is 6.95. The van der Waals surface area contributed by atoms with E-state index in [1.165, 1.54) is 101 Å². The predicted molar refractivity (Wildman–Crippen MR) is 244 cm³/mol. The summed E-state index contributed by atoms with van der Waals surface area (Å²) in [7, 11) is 2.49. The molecule has 0 spiro atoms. The Morgan fingerprint density at radius 3 is 2.02 bits per heavy atom. The van der Waals surface area contributed by atoms with Crippen molar-refractivity contribution < 1.29 is 0 Å². The van der Waals surface area contributed by atoms with E-state index >= 15 is 0 Å². The molecule has 0 unspecified atom stereocenters. The fourth-order valence-electron chi connectivity index (χ4n) is 8.77. The largest absolute Gasteiger partial charge is 0.355 e. The van der Waals surface area contributed by atoms with Gasteiger partial charge in [-0.25, -0.2) is 0 Å². The lowest BCUT2D eigenvalue weighted by Crippen LogP contribution is -2.35. The minimum atomic E-state index is 0.0504. The van der Waals surface area contributed by atoms with Crippen LogP contribution < -0.4 is 15.6 Å². The van der Waals surface area contributed by atoms with Crippen LogP contribution in [0.1, 0.15) is 52.7 Å². The van der Waals surface area contributed by atoms with Gasteiger partial charge in [0.15, 0.2) is 0 Å². The lowest BCUT2D eigenvalue weighted by molar-refractivity contribution is 0.590. The summed E-state index contributed by atoms with van der Waals surface area (Å²) in [5, 5.41) is 12.9. The molecule has 0 amide bonds. The van der Waals surface area contributed by atoms with E-state index in [0.29, 0.717) is 0 Å². The molecule has 2 nitrogen and oxygen atoms in total. The molecule has 0 saturated carbocycles. The number of benzene rings is 7. The highest BCUT2D eigenvalue weighted by Gasteiger charge is 2.30. The van der Waals surface area contributed by atoms with Crippen LogP contribution in [0.2, 0.25) is 0 Å². The summed E-state index contributed by atoms with van der Waals surface area (Å²) in [6, 6.07) is 48.1. The molecule has 0 atom stereocenters. The van der Waals surface area contributed by atoms with Crippen molar-refractivity contribution in [3.05, 3.63) is 139 Å². The van der Waals surface area contributed by atoms with E-state index in [1.54, 1.807) is 0 Å². The van der Waals surface area contributed by atoms with Gasteiger partial charge in [0.25, 0.3) is 0 Å².